The Balaban J connectivity index is 0.00000364. The maximum atomic E-state index is 11.2. The van der Waals surface area contributed by atoms with Gasteiger partial charge in [0.1, 0.15) is 5.01 Å². The van der Waals surface area contributed by atoms with E-state index in [1.54, 1.807) is 11.3 Å². The largest absolute Gasteiger partial charge is 0.453 e. The third kappa shape index (κ3) is 8.12. The first kappa shape index (κ1) is 23.2. The van der Waals surface area contributed by atoms with Crippen LogP contribution in [0.4, 0.5) is 10.5 Å². The zero-order valence-corrected chi connectivity index (χ0v) is 18.9. The number of guanidine groups is 1. The maximum absolute atomic E-state index is 11.2. The predicted octanol–water partition coefficient (Wildman–Crippen LogP) is 3.76. The number of carbonyl (C=O) groups excluding carboxylic acids is 1. The van der Waals surface area contributed by atoms with Gasteiger partial charge in [-0.3, -0.25) is 5.32 Å². The summed E-state index contributed by atoms with van der Waals surface area (Å²) in [7, 11) is 1.34. The highest BCUT2D eigenvalue weighted by Crippen LogP contribution is 2.13. The average molecular weight is 503 g/mol. The number of amides is 1. The Morgan fingerprint density at radius 3 is 2.56 bits per heavy atom. The van der Waals surface area contributed by atoms with Crippen molar-refractivity contribution < 1.29 is 9.53 Å². The van der Waals surface area contributed by atoms with Gasteiger partial charge in [-0.2, -0.15) is 0 Å². The number of thiazole rings is 1. The number of aryl methyl sites for hydroxylation is 1. The second kappa shape index (κ2) is 12.5. The monoisotopic (exact) mass is 503 g/mol. The van der Waals surface area contributed by atoms with Crippen LogP contribution in [0.15, 0.2) is 35.5 Å². The second-order valence-electron chi connectivity index (χ2n) is 5.44. The minimum atomic E-state index is -0.484. The summed E-state index contributed by atoms with van der Waals surface area (Å²) in [6.07, 6.45) is 2.45. The highest BCUT2D eigenvalue weighted by atomic mass is 127. The molecule has 0 unspecified atom stereocenters. The van der Waals surface area contributed by atoms with Gasteiger partial charge in [-0.1, -0.05) is 19.1 Å². The molecule has 0 aliphatic carbocycles. The first-order valence-electron chi connectivity index (χ1n) is 8.54. The molecule has 9 heteroatoms. The Morgan fingerprint density at radius 1 is 1.22 bits per heavy atom. The number of hydrogen-bond acceptors (Lipinski definition) is 5. The molecule has 0 saturated carbocycles. The van der Waals surface area contributed by atoms with E-state index in [2.05, 4.69) is 37.6 Å². The second-order valence-corrected chi connectivity index (χ2v) is 6.64. The molecule has 0 aliphatic heterocycles. The van der Waals surface area contributed by atoms with Crippen molar-refractivity contribution in [3.05, 3.63) is 45.9 Å². The summed E-state index contributed by atoms with van der Waals surface area (Å²) in [5.74, 6) is 0.748. The van der Waals surface area contributed by atoms with Crippen LogP contribution in [0.2, 0.25) is 0 Å². The third-order valence-electron chi connectivity index (χ3n) is 3.51. The van der Waals surface area contributed by atoms with Gasteiger partial charge in [-0.05, 0) is 31.0 Å². The van der Waals surface area contributed by atoms with Gasteiger partial charge in [-0.15, -0.1) is 35.3 Å². The smallest absolute Gasteiger partial charge is 0.411 e. The van der Waals surface area contributed by atoms with Crippen molar-refractivity contribution in [1.82, 2.24) is 15.6 Å². The lowest BCUT2D eigenvalue weighted by molar-refractivity contribution is 0.187. The fourth-order valence-corrected chi connectivity index (χ4v) is 2.93. The number of rotatable bonds is 7. The van der Waals surface area contributed by atoms with E-state index < -0.39 is 6.09 Å². The molecular formula is C18H26IN5O2S. The normalized spacial score (nSPS) is 10.7. The van der Waals surface area contributed by atoms with E-state index in [9.17, 15) is 4.79 Å². The molecule has 1 heterocycles. The predicted molar refractivity (Wildman–Crippen MR) is 121 cm³/mol. The number of benzene rings is 1. The van der Waals surface area contributed by atoms with E-state index in [0.29, 0.717) is 18.8 Å². The summed E-state index contributed by atoms with van der Waals surface area (Å²) in [4.78, 5) is 21.5. The number of ether oxygens (including phenoxy) is 1. The maximum Gasteiger partial charge on any atom is 0.411 e. The van der Waals surface area contributed by atoms with Crippen LogP contribution >= 0.6 is 35.3 Å². The van der Waals surface area contributed by atoms with Crippen molar-refractivity contribution in [1.29, 1.82) is 0 Å². The summed E-state index contributed by atoms with van der Waals surface area (Å²) in [6.45, 7) is 6.13. The van der Waals surface area contributed by atoms with Gasteiger partial charge in [0.15, 0.2) is 5.96 Å². The number of nitrogens with one attached hydrogen (secondary N) is 3. The molecule has 0 aliphatic rings. The molecule has 1 aromatic heterocycles. The highest BCUT2D eigenvalue weighted by molar-refractivity contribution is 14.0. The number of aliphatic imine (C=N–C) groups is 1. The first-order chi connectivity index (χ1) is 12.6. The molecule has 2 rings (SSSR count). The number of halogens is 1. The molecule has 0 radical (unpaired) electrons. The first-order valence-corrected chi connectivity index (χ1v) is 9.35. The molecule has 7 nitrogen and oxygen atoms in total. The Labute approximate surface area is 181 Å². The van der Waals surface area contributed by atoms with Gasteiger partial charge in [-0.25, -0.2) is 14.8 Å². The van der Waals surface area contributed by atoms with Crippen LogP contribution in [0.3, 0.4) is 0 Å². The van der Waals surface area contributed by atoms with Gasteiger partial charge < -0.3 is 15.4 Å². The number of hydrogen-bond donors (Lipinski definition) is 3. The summed E-state index contributed by atoms with van der Waals surface area (Å²) in [6, 6.07) is 7.49. The average Bonchev–Trinajstić information content (AvgIpc) is 3.13. The van der Waals surface area contributed by atoms with Crippen LogP contribution < -0.4 is 16.0 Å². The van der Waals surface area contributed by atoms with Crippen LogP contribution in [0.5, 0.6) is 0 Å². The third-order valence-corrected chi connectivity index (χ3v) is 4.65. The SMILES string of the molecule is CCNC(=NCc1ccc(NC(=O)OC)cc1)NCc1ncc(CC)s1.I. The van der Waals surface area contributed by atoms with Crippen molar-refractivity contribution in [2.24, 2.45) is 4.99 Å². The Bertz CT molecular complexity index is 734. The molecule has 27 heavy (non-hydrogen) atoms. The van der Waals surface area contributed by atoms with Crippen molar-refractivity contribution in [2.75, 3.05) is 19.0 Å². The number of nitrogens with zero attached hydrogens (tertiary/aromatic N) is 2. The summed E-state index contributed by atoms with van der Waals surface area (Å²) in [5.41, 5.74) is 1.73. The minimum absolute atomic E-state index is 0. The van der Waals surface area contributed by atoms with Crippen LogP contribution in [-0.4, -0.2) is 30.7 Å². The van der Waals surface area contributed by atoms with Crippen LogP contribution in [0.1, 0.15) is 29.3 Å². The summed E-state index contributed by atoms with van der Waals surface area (Å²) >= 11 is 1.71. The van der Waals surface area contributed by atoms with E-state index in [1.165, 1.54) is 12.0 Å². The molecule has 0 saturated heterocycles. The van der Waals surface area contributed by atoms with E-state index in [0.717, 1.165) is 29.5 Å². The quantitative estimate of drug-likeness (QED) is 0.304. The van der Waals surface area contributed by atoms with Gasteiger partial charge in [0, 0.05) is 23.3 Å². The van der Waals surface area contributed by atoms with Crippen LogP contribution in [-0.2, 0) is 24.2 Å². The molecule has 0 atom stereocenters. The molecule has 1 amide bonds. The van der Waals surface area contributed by atoms with E-state index in [-0.39, 0.29) is 24.0 Å². The molecule has 2 aromatic rings. The fourth-order valence-electron chi connectivity index (χ4n) is 2.13. The highest BCUT2D eigenvalue weighted by Gasteiger charge is 2.03. The zero-order chi connectivity index (χ0) is 18.8. The molecule has 1 aromatic carbocycles. The molecule has 148 valence electrons. The molecule has 0 spiro atoms. The Kier molecular flexibility index (Phi) is 10.7. The molecular weight excluding hydrogens is 477 g/mol. The zero-order valence-electron chi connectivity index (χ0n) is 15.7. The Hall–Kier alpha value is -1.88. The molecule has 0 fully saturated rings. The summed E-state index contributed by atoms with van der Waals surface area (Å²) < 4.78 is 4.57. The van der Waals surface area contributed by atoms with Crippen molar-refractivity contribution >= 4 is 53.1 Å². The Morgan fingerprint density at radius 2 is 1.96 bits per heavy atom. The standard InChI is InChI=1S/C18H25N5O2S.HI/c1-4-15-11-20-16(26-15)12-22-17(19-5-2)21-10-13-6-8-14(9-7-13)23-18(24)25-3;/h6-9,11H,4-5,10,12H2,1-3H3,(H,23,24)(H2,19,21,22);1H. The number of aromatic nitrogens is 1. The lowest BCUT2D eigenvalue weighted by atomic mass is 10.2. The van der Waals surface area contributed by atoms with Gasteiger partial charge in [0.05, 0.1) is 20.2 Å². The van der Waals surface area contributed by atoms with Crippen LogP contribution in [0.25, 0.3) is 0 Å². The topological polar surface area (TPSA) is 87.6 Å². The van der Waals surface area contributed by atoms with Crippen molar-refractivity contribution in [3.63, 3.8) is 0 Å². The fraction of sp³-hybridized carbons (Fsp3) is 0.389. The lowest BCUT2D eigenvalue weighted by Crippen LogP contribution is -2.36. The van der Waals surface area contributed by atoms with Crippen molar-refractivity contribution in [2.45, 2.75) is 33.4 Å². The number of anilines is 1. The van der Waals surface area contributed by atoms with Gasteiger partial charge in [0.25, 0.3) is 0 Å². The van der Waals surface area contributed by atoms with Gasteiger partial charge in [0.2, 0.25) is 0 Å². The molecule has 0 bridgehead atoms. The van der Waals surface area contributed by atoms with Crippen LogP contribution in [0, 0.1) is 0 Å². The van der Waals surface area contributed by atoms with E-state index in [4.69, 9.17) is 0 Å². The number of methoxy groups -OCH3 is 1. The summed E-state index contributed by atoms with van der Waals surface area (Å²) in [5, 5.41) is 10.2. The van der Waals surface area contributed by atoms with Gasteiger partial charge >= 0.3 is 6.09 Å². The molecule has 3 N–H and O–H groups in total. The lowest BCUT2D eigenvalue weighted by Gasteiger charge is -2.10. The van der Waals surface area contributed by atoms with E-state index in [1.807, 2.05) is 37.4 Å². The van der Waals surface area contributed by atoms with E-state index >= 15 is 0 Å². The number of carbonyl (C=O) groups is 1. The van der Waals surface area contributed by atoms with Crippen molar-refractivity contribution in [3.8, 4) is 0 Å². The minimum Gasteiger partial charge on any atom is -0.453 e.